The molecule has 3 nitrogen and oxygen atoms in total. The highest BCUT2D eigenvalue weighted by Crippen LogP contribution is 2.31. The molecule has 0 bridgehead atoms. The lowest BCUT2D eigenvalue weighted by Crippen LogP contribution is -2.12. The van der Waals surface area contributed by atoms with E-state index in [1.807, 2.05) is 18.2 Å². The van der Waals surface area contributed by atoms with Crippen molar-refractivity contribution in [1.82, 2.24) is 10.2 Å². The molecule has 77 valence electrons. The molecule has 0 aliphatic heterocycles. The molecule has 0 saturated carbocycles. The van der Waals surface area contributed by atoms with E-state index in [4.69, 9.17) is 4.42 Å². The van der Waals surface area contributed by atoms with Crippen LogP contribution in [-0.2, 0) is 5.41 Å². The van der Waals surface area contributed by atoms with Gasteiger partial charge in [0.2, 0.25) is 5.89 Å². The predicted molar refractivity (Wildman–Crippen MR) is 57.3 cm³/mol. The predicted octanol–water partition coefficient (Wildman–Crippen LogP) is 2.83. The van der Waals surface area contributed by atoms with Gasteiger partial charge in [0.05, 0.1) is 0 Å². The molecule has 0 aliphatic carbocycles. The first kappa shape index (κ1) is 9.90. The average Bonchev–Trinajstić information content (AvgIpc) is 2.69. The second-order valence-corrected chi connectivity index (χ2v) is 4.49. The maximum Gasteiger partial charge on any atom is 0.306 e. The van der Waals surface area contributed by atoms with E-state index in [2.05, 4.69) is 43.4 Å². The highest BCUT2D eigenvalue weighted by molar-refractivity contribution is 5.60. The molecule has 2 rings (SSSR count). The Balaban J connectivity index is 2.58. The van der Waals surface area contributed by atoms with Gasteiger partial charge in [0.25, 0.3) is 0 Å². The summed E-state index contributed by atoms with van der Waals surface area (Å²) in [6.45, 7) is 6.48. The molecule has 0 amide bonds. The maximum atomic E-state index is 5.11. The summed E-state index contributed by atoms with van der Waals surface area (Å²) in [6, 6.07) is 8.06. The Morgan fingerprint density at radius 2 is 1.93 bits per heavy atom. The summed E-state index contributed by atoms with van der Waals surface area (Å²) in [5, 5.41) is 7.47. The van der Waals surface area contributed by atoms with Gasteiger partial charge in [-0.15, -0.1) is 10.2 Å². The standard InChI is InChI=1S/C12H13N2O/c1-12(2,3)10-7-5-4-6-9(10)11-14-13-8-15-11/h4-7H,1-3H3. The molecule has 0 saturated heterocycles. The molecule has 0 spiro atoms. The third-order valence-electron chi connectivity index (χ3n) is 2.29. The lowest BCUT2D eigenvalue weighted by molar-refractivity contribution is 0.549. The van der Waals surface area contributed by atoms with Gasteiger partial charge in [0, 0.05) is 5.56 Å². The number of benzene rings is 1. The van der Waals surface area contributed by atoms with Crippen molar-refractivity contribution in [1.29, 1.82) is 0 Å². The van der Waals surface area contributed by atoms with E-state index in [9.17, 15) is 0 Å². The quantitative estimate of drug-likeness (QED) is 0.712. The summed E-state index contributed by atoms with van der Waals surface area (Å²) in [5.74, 6) is 0.528. The van der Waals surface area contributed by atoms with Gasteiger partial charge in [0.1, 0.15) is 0 Å². The van der Waals surface area contributed by atoms with Gasteiger partial charge in [-0.25, -0.2) is 0 Å². The minimum atomic E-state index is 0.0606. The Labute approximate surface area is 89.2 Å². The second kappa shape index (κ2) is 3.50. The fraction of sp³-hybridized carbons (Fsp3) is 0.333. The van der Waals surface area contributed by atoms with Crippen LogP contribution in [0.25, 0.3) is 11.5 Å². The zero-order valence-corrected chi connectivity index (χ0v) is 9.11. The first-order chi connectivity index (χ1) is 7.09. The van der Waals surface area contributed by atoms with Crippen molar-refractivity contribution in [3.8, 4) is 11.5 Å². The topological polar surface area (TPSA) is 38.9 Å². The summed E-state index contributed by atoms with van der Waals surface area (Å²) in [7, 11) is 0. The van der Waals surface area contributed by atoms with Crippen molar-refractivity contribution in [2.75, 3.05) is 0 Å². The summed E-state index contributed by atoms with van der Waals surface area (Å²) in [4.78, 5) is 0. The van der Waals surface area contributed by atoms with Gasteiger partial charge in [-0.1, -0.05) is 39.0 Å². The lowest BCUT2D eigenvalue weighted by Gasteiger charge is -2.21. The highest BCUT2D eigenvalue weighted by atomic mass is 16.4. The number of nitrogens with zero attached hydrogens (tertiary/aromatic N) is 2. The van der Waals surface area contributed by atoms with Crippen LogP contribution >= 0.6 is 0 Å². The van der Waals surface area contributed by atoms with Crippen LogP contribution in [0.15, 0.2) is 28.7 Å². The monoisotopic (exact) mass is 201 g/mol. The van der Waals surface area contributed by atoms with Crippen LogP contribution in [0.2, 0.25) is 0 Å². The van der Waals surface area contributed by atoms with Gasteiger partial charge < -0.3 is 4.42 Å². The first-order valence-electron chi connectivity index (χ1n) is 4.88. The third-order valence-corrected chi connectivity index (χ3v) is 2.29. The van der Waals surface area contributed by atoms with E-state index in [1.54, 1.807) is 0 Å². The van der Waals surface area contributed by atoms with Crippen LogP contribution in [0.1, 0.15) is 26.3 Å². The van der Waals surface area contributed by atoms with Crippen LogP contribution in [0.4, 0.5) is 0 Å². The first-order valence-corrected chi connectivity index (χ1v) is 4.88. The minimum Gasteiger partial charge on any atom is -0.412 e. The smallest absolute Gasteiger partial charge is 0.306 e. The van der Waals surface area contributed by atoms with Gasteiger partial charge in [0.15, 0.2) is 0 Å². The Morgan fingerprint density at radius 3 is 2.53 bits per heavy atom. The second-order valence-electron chi connectivity index (χ2n) is 4.49. The van der Waals surface area contributed by atoms with Crippen LogP contribution in [0.3, 0.4) is 0 Å². The number of aromatic nitrogens is 2. The zero-order valence-electron chi connectivity index (χ0n) is 9.11. The van der Waals surface area contributed by atoms with Gasteiger partial charge >= 0.3 is 6.39 Å². The van der Waals surface area contributed by atoms with Crippen molar-refractivity contribution in [2.24, 2.45) is 0 Å². The summed E-state index contributed by atoms with van der Waals surface area (Å²) in [5.41, 5.74) is 2.24. The Bertz CT molecular complexity index is 441. The molecular weight excluding hydrogens is 188 g/mol. The van der Waals surface area contributed by atoms with Crippen LogP contribution in [0, 0.1) is 6.39 Å². The zero-order chi connectivity index (χ0) is 10.9. The van der Waals surface area contributed by atoms with Crippen molar-refractivity contribution >= 4 is 0 Å². The summed E-state index contributed by atoms with van der Waals surface area (Å²) >= 11 is 0. The molecule has 15 heavy (non-hydrogen) atoms. The fourth-order valence-electron chi connectivity index (χ4n) is 1.58. The SMILES string of the molecule is CC(C)(C)c1ccccc1-c1nn[c]o1. The largest absolute Gasteiger partial charge is 0.412 e. The van der Waals surface area contributed by atoms with E-state index in [-0.39, 0.29) is 5.41 Å². The molecule has 1 aromatic heterocycles. The molecule has 0 unspecified atom stereocenters. The van der Waals surface area contributed by atoms with E-state index < -0.39 is 0 Å². The summed E-state index contributed by atoms with van der Waals surface area (Å²) in [6.07, 6.45) is 2.37. The minimum absolute atomic E-state index is 0.0606. The Hall–Kier alpha value is -1.64. The molecule has 3 heteroatoms. The lowest BCUT2D eigenvalue weighted by atomic mass is 9.84. The van der Waals surface area contributed by atoms with E-state index in [1.165, 1.54) is 5.56 Å². The molecule has 0 fully saturated rings. The molecule has 0 aliphatic rings. The Morgan fingerprint density at radius 1 is 1.20 bits per heavy atom. The normalized spacial score (nSPS) is 11.7. The molecule has 2 aromatic rings. The van der Waals surface area contributed by atoms with Gasteiger partial charge in [-0.2, -0.15) is 0 Å². The molecule has 1 aromatic carbocycles. The molecule has 0 N–H and O–H groups in total. The van der Waals surface area contributed by atoms with Crippen LogP contribution in [-0.4, -0.2) is 10.2 Å². The highest BCUT2D eigenvalue weighted by Gasteiger charge is 2.20. The fourth-order valence-corrected chi connectivity index (χ4v) is 1.58. The summed E-state index contributed by atoms with van der Waals surface area (Å²) < 4.78 is 5.11. The molecule has 1 heterocycles. The maximum absolute atomic E-state index is 5.11. The van der Waals surface area contributed by atoms with Crippen LogP contribution < -0.4 is 0 Å². The third kappa shape index (κ3) is 1.91. The number of hydrogen-bond acceptors (Lipinski definition) is 3. The number of rotatable bonds is 1. The molecule has 1 radical (unpaired) electrons. The van der Waals surface area contributed by atoms with Crippen LogP contribution in [0.5, 0.6) is 0 Å². The van der Waals surface area contributed by atoms with E-state index in [0.717, 1.165) is 5.56 Å². The number of hydrogen-bond donors (Lipinski definition) is 0. The van der Waals surface area contributed by atoms with Gasteiger partial charge in [-0.3, -0.25) is 0 Å². The van der Waals surface area contributed by atoms with Crippen molar-refractivity contribution in [3.05, 3.63) is 36.2 Å². The Kier molecular flexibility index (Phi) is 2.31. The van der Waals surface area contributed by atoms with Gasteiger partial charge in [-0.05, 0) is 17.0 Å². The van der Waals surface area contributed by atoms with Crippen molar-refractivity contribution in [2.45, 2.75) is 26.2 Å². The van der Waals surface area contributed by atoms with E-state index in [0.29, 0.717) is 5.89 Å². The molecular formula is C12H13N2O. The van der Waals surface area contributed by atoms with E-state index >= 15 is 0 Å². The van der Waals surface area contributed by atoms with Crippen molar-refractivity contribution < 1.29 is 4.42 Å². The average molecular weight is 201 g/mol. The molecule has 0 atom stereocenters. The van der Waals surface area contributed by atoms with Crippen molar-refractivity contribution in [3.63, 3.8) is 0 Å².